The number of amides is 4. The summed E-state index contributed by atoms with van der Waals surface area (Å²) < 4.78 is 0. The summed E-state index contributed by atoms with van der Waals surface area (Å²) in [6, 6.07) is 4.44. The first-order valence-electron chi connectivity index (χ1n) is 7.18. The summed E-state index contributed by atoms with van der Waals surface area (Å²) in [5, 5.41) is 4.57. The molecule has 0 bridgehead atoms. The van der Waals surface area contributed by atoms with Crippen LogP contribution in [-0.4, -0.2) is 60.0 Å². The highest BCUT2D eigenvalue weighted by molar-refractivity contribution is 6.05. The Labute approximate surface area is 127 Å². The zero-order valence-corrected chi connectivity index (χ0v) is 12.0. The number of anilines is 1. The third kappa shape index (κ3) is 3.00. The smallest absolute Gasteiger partial charge is 0.322 e. The fourth-order valence-electron chi connectivity index (χ4n) is 2.63. The monoisotopic (exact) mass is 303 g/mol. The molecule has 0 aromatic carbocycles. The maximum atomic E-state index is 12.2. The first kappa shape index (κ1) is 14.3. The number of carbonyl (C=O) groups excluding carboxylic acids is 3. The second-order valence-corrected chi connectivity index (χ2v) is 5.28. The molecule has 116 valence electrons. The van der Waals surface area contributed by atoms with E-state index in [9.17, 15) is 14.4 Å². The summed E-state index contributed by atoms with van der Waals surface area (Å²) in [5.41, 5.74) is 0. The molecule has 8 nitrogen and oxygen atoms in total. The first-order valence-corrected chi connectivity index (χ1v) is 7.18. The van der Waals surface area contributed by atoms with Gasteiger partial charge in [-0.2, -0.15) is 0 Å². The van der Waals surface area contributed by atoms with Gasteiger partial charge in [-0.15, -0.1) is 0 Å². The van der Waals surface area contributed by atoms with Crippen molar-refractivity contribution in [3.8, 4) is 0 Å². The summed E-state index contributed by atoms with van der Waals surface area (Å²) in [4.78, 5) is 42.8. The van der Waals surface area contributed by atoms with E-state index >= 15 is 0 Å². The molecule has 0 saturated carbocycles. The number of pyridine rings is 1. The Kier molecular flexibility index (Phi) is 3.90. The fraction of sp³-hybridized carbons (Fsp3) is 0.429. The van der Waals surface area contributed by atoms with Crippen molar-refractivity contribution in [3.63, 3.8) is 0 Å². The molecule has 2 N–H and O–H groups in total. The molecular formula is C14H17N5O3. The zero-order valence-electron chi connectivity index (χ0n) is 12.0. The lowest BCUT2D eigenvalue weighted by Gasteiger charge is -2.35. The van der Waals surface area contributed by atoms with E-state index in [1.165, 1.54) is 0 Å². The van der Waals surface area contributed by atoms with Gasteiger partial charge in [0, 0.05) is 32.4 Å². The number of imide groups is 1. The van der Waals surface area contributed by atoms with Crippen LogP contribution in [0.1, 0.15) is 6.42 Å². The zero-order chi connectivity index (χ0) is 15.5. The molecule has 1 atom stereocenters. The SMILES string of the molecule is O=C1NC(=O)C(CC(=O)N2CCN(c3ccccn3)CC2)N1. The van der Waals surface area contributed by atoms with E-state index in [0.717, 1.165) is 5.82 Å². The largest absolute Gasteiger partial charge is 0.353 e. The minimum absolute atomic E-state index is 0.00115. The quantitative estimate of drug-likeness (QED) is 0.722. The van der Waals surface area contributed by atoms with Crippen molar-refractivity contribution < 1.29 is 14.4 Å². The number of hydrogen-bond donors (Lipinski definition) is 2. The van der Waals surface area contributed by atoms with Crippen LogP contribution >= 0.6 is 0 Å². The minimum Gasteiger partial charge on any atom is -0.353 e. The average molecular weight is 303 g/mol. The van der Waals surface area contributed by atoms with E-state index in [4.69, 9.17) is 0 Å². The maximum absolute atomic E-state index is 12.2. The Balaban J connectivity index is 1.52. The third-order valence-corrected chi connectivity index (χ3v) is 3.84. The molecule has 1 aromatic rings. The number of rotatable bonds is 3. The van der Waals surface area contributed by atoms with E-state index in [1.54, 1.807) is 11.1 Å². The lowest BCUT2D eigenvalue weighted by Crippen LogP contribution is -2.50. The van der Waals surface area contributed by atoms with Gasteiger partial charge in [0.15, 0.2) is 0 Å². The Morgan fingerprint density at radius 1 is 1.23 bits per heavy atom. The predicted octanol–water partition coefficient (Wildman–Crippen LogP) is -0.672. The molecule has 2 aliphatic heterocycles. The number of carbonyl (C=O) groups is 3. The standard InChI is InChI=1S/C14H17N5O3/c20-12(9-10-13(21)17-14(22)16-10)19-7-5-18(6-8-19)11-3-1-2-4-15-11/h1-4,10H,5-9H2,(H2,16,17,21,22). The second kappa shape index (κ2) is 6.00. The predicted molar refractivity (Wildman–Crippen MR) is 78.1 cm³/mol. The van der Waals surface area contributed by atoms with Gasteiger partial charge in [0.1, 0.15) is 11.9 Å². The van der Waals surface area contributed by atoms with E-state index in [2.05, 4.69) is 20.5 Å². The van der Waals surface area contributed by atoms with Crippen molar-refractivity contribution >= 4 is 23.7 Å². The van der Waals surface area contributed by atoms with Gasteiger partial charge in [-0.3, -0.25) is 14.9 Å². The number of nitrogens with zero attached hydrogens (tertiary/aromatic N) is 3. The molecule has 3 rings (SSSR count). The highest BCUT2D eigenvalue weighted by Gasteiger charge is 2.33. The minimum atomic E-state index is -0.756. The molecule has 2 aliphatic rings. The second-order valence-electron chi connectivity index (χ2n) is 5.28. The highest BCUT2D eigenvalue weighted by Crippen LogP contribution is 2.13. The lowest BCUT2D eigenvalue weighted by molar-refractivity contribution is -0.134. The molecule has 8 heteroatoms. The molecule has 1 unspecified atom stereocenters. The Morgan fingerprint density at radius 2 is 2.00 bits per heavy atom. The number of hydrogen-bond acceptors (Lipinski definition) is 5. The molecule has 0 radical (unpaired) electrons. The number of piperazine rings is 1. The van der Waals surface area contributed by atoms with Crippen molar-refractivity contribution in [2.45, 2.75) is 12.5 Å². The van der Waals surface area contributed by atoms with Crippen molar-refractivity contribution in [2.24, 2.45) is 0 Å². The van der Waals surface area contributed by atoms with Crippen LogP contribution in [0.15, 0.2) is 24.4 Å². The van der Waals surface area contributed by atoms with Gasteiger partial charge >= 0.3 is 6.03 Å². The maximum Gasteiger partial charge on any atom is 0.322 e. The third-order valence-electron chi connectivity index (χ3n) is 3.84. The van der Waals surface area contributed by atoms with Crippen LogP contribution in [0.3, 0.4) is 0 Å². The number of urea groups is 1. The molecular weight excluding hydrogens is 286 g/mol. The molecule has 2 saturated heterocycles. The Bertz CT molecular complexity index is 583. The van der Waals surface area contributed by atoms with Crippen molar-refractivity contribution in [2.75, 3.05) is 31.1 Å². The van der Waals surface area contributed by atoms with Crippen LogP contribution in [0.2, 0.25) is 0 Å². The van der Waals surface area contributed by atoms with Crippen molar-refractivity contribution in [1.82, 2.24) is 20.5 Å². The van der Waals surface area contributed by atoms with Gasteiger partial charge in [0.05, 0.1) is 6.42 Å². The van der Waals surface area contributed by atoms with Crippen LogP contribution < -0.4 is 15.5 Å². The van der Waals surface area contributed by atoms with E-state index in [1.807, 2.05) is 18.2 Å². The molecule has 4 amide bonds. The molecule has 0 spiro atoms. The lowest BCUT2D eigenvalue weighted by atomic mass is 10.1. The van der Waals surface area contributed by atoms with Gasteiger partial charge in [-0.1, -0.05) is 6.07 Å². The van der Waals surface area contributed by atoms with Crippen molar-refractivity contribution in [1.29, 1.82) is 0 Å². The molecule has 1 aromatic heterocycles. The molecule has 22 heavy (non-hydrogen) atoms. The van der Waals surface area contributed by atoms with Crippen LogP contribution in [0.4, 0.5) is 10.6 Å². The number of nitrogens with one attached hydrogen (secondary N) is 2. The normalized spacial score (nSPS) is 21.5. The van der Waals surface area contributed by atoms with E-state index < -0.39 is 18.0 Å². The van der Waals surface area contributed by atoms with Crippen LogP contribution in [0.25, 0.3) is 0 Å². The summed E-state index contributed by atoms with van der Waals surface area (Å²) in [6.45, 7) is 2.56. The molecule has 3 heterocycles. The highest BCUT2D eigenvalue weighted by atomic mass is 16.2. The Morgan fingerprint density at radius 3 is 2.59 bits per heavy atom. The Hall–Kier alpha value is -2.64. The summed E-state index contributed by atoms with van der Waals surface area (Å²) >= 11 is 0. The first-order chi connectivity index (χ1) is 10.6. The average Bonchev–Trinajstić information content (AvgIpc) is 2.86. The topological polar surface area (TPSA) is 94.6 Å². The van der Waals surface area contributed by atoms with E-state index in [0.29, 0.717) is 26.2 Å². The van der Waals surface area contributed by atoms with Crippen LogP contribution in [0, 0.1) is 0 Å². The summed E-state index contributed by atoms with van der Waals surface area (Å²) in [6.07, 6.45) is 1.75. The van der Waals surface area contributed by atoms with Gasteiger partial charge < -0.3 is 15.1 Å². The van der Waals surface area contributed by atoms with E-state index in [-0.39, 0.29) is 12.3 Å². The summed E-state index contributed by atoms with van der Waals surface area (Å²) in [5.74, 6) is 0.338. The van der Waals surface area contributed by atoms with Crippen LogP contribution in [-0.2, 0) is 9.59 Å². The summed E-state index contributed by atoms with van der Waals surface area (Å²) in [7, 11) is 0. The molecule has 0 aliphatic carbocycles. The van der Waals surface area contributed by atoms with Crippen LogP contribution in [0.5, 0.6) is 0 Å². The van der Waals surface area contributed by atoms with Gasteiger partial charge in [-0.25, -0.2) is 9.78 Å². The fourth-order valence-corrected chi connectivity index (χ4v) is 2.63. The van der Waals surface area contributed by atoms with Crippen molar-refractivity contribution in [3.05, 3.63) is 24.4 Å². The van der Waals surface area contributed by atoms with Gasteiger partial charge in [0.25, 0.3) is 5.91 Å². The number of aromatic nitrogens is 1. The van der Waals surface area contributed by atoms with Gasteiger partial charge in [0.2, 0.25) is 5.91 Å². The van der Waals surface area contributed by atoms with Gasteiger partial charge in [-0.05, 0) is 12.1 Å². The molecule has 2 fully saturated rings.